The zero-order valence-corrected chi connectivity index (χ0v) is 12.6. The summed E-state index contributed by atoms with van der Waals surface area (Å²) in [6, 6.07) is 9.61. The smallest absolute Gasteiger partial charge is 0.316 e. The van der Waals surface area contributed by atoms with Crippen molar-refractivity contribution in [2.75, 3.05) is 5.32 Å². The topological polar surface area (TPSA) is 56.1 Å². The number of hydrogen-bond donors (Lipinski definition) is 1. The number of rotatable bonds is 4. The Labute approximate surface area is 131 Å². The lowest BCUT2D eigenvalue weighted by Crippen LogP contribution is -2.36. The van der Waals surface area contributed by atoms with E-state index in [0.29, 0.717) is 12.2 Å². The quantitative estimate of drug-likeness (QED) is 0.928. The van der Waals surface area contributed by atoms with E-state index in [-0.39, 0.29) is 17.6 Å². The Kier molecular flexibility index (Phi) is 4.07. The van der Waals surface area contributed by atoms with Gasteiger partial charge in [-0.15, -0.1) is 11.3 Å². The monoisotopic (exact) mass is 315 g/mol. The van der Waals surface area contributed by atoms with Crippen LogP contribution in [0.2, 0.25) is 0 Å². The molecule has 0 saturated heterocycles. The highest BCUT2D eigenvalue weighted by Gasteiger charge is 2.33. The fourth-order valence-electron chi connectivity index (χ4n) is 2.23. The molecular weight excluding hydrogens is 301 g/mol. The maximum absolute atomic E-state index is 13.1. The van der Waals surface area contributed by atoms with Gasteiger partial charge in [0.25, 0.3) is 0 Å². The molecule has 0 spiro atoms. The van der Waals surface area contributed by atoms with Crippen molar-refractivity contribution in [2.45, 2.75) is 25.4 Å². The Bertz CT molecular complexity index is 719. The normalized spacial score (nSPS) is 13.5. The minimum absolute atomic E-state index is 0.125. The van der Waals surface area contributed by atoms with E-state index in [9.17, 15) is 9.18 Å². The fraction of sp³-hybridized carbons (Fsp3) is 0.250. The highest BCUT2D eigenvalue weighted by Crippen LogP contribution is 2.30. The van der Waals surface area contributed by atoms with E-state index in [1.54, 1.807) is 16.2 Å². The molecule has 0 unspecified atom stereocenters. The van der Waals surface area contributed by atoms with Crippen LogP contribution in [0.1, 0.15) is 23.3 Å². The first-order chi connectivity index (χ1) is 10.7. The van der Waals surface area contributed by atoms with Crippen molar-refractivity contribution in [2.24, 2.45) is 0 Å². The number of urea groups is 1. The summed E-state index contributed by atoms with van der Waals surface area (Å²) >= 11 is 1.61. The van der Waals surface area contributed by atoms with Crippen LogP contribution in [-0.2, 0) is 6.54 Å². The van der Waals surface area contributed by atoms with Gasteiger partial charge in [-0.3, -0.25) is 0 Å². The predicted molar refractivity (Wildman–Crippen MR) is 83.0 cm³/mol. The van der Waals surface area contributed by atoms with Gasteiger partial charge in [0.05, 0.1) is 17.8 Å². The third-order valence-electron chi connectivity index (χ3n) is 3.50. The lowest BCUT2D eigenvalue weighted by atomic mass is 10.2. The minimum Gasteiger partial charge on any atom is -0.316 e. The van der Waals surface area contributed by atoms with E-state index < -0.39 is 5.82 Å². The summed E-state index contributed by atoms with van der Waals surface area (Å²) in [5.41, 5.74) is 0.464. The summed E-state index contributed by atoms with van der Waals surface area (Å²) in [6.07, 6.45) is 1.99. The molecule has 2 aromatic rings. The van der Waals surface area contributed by atoms with Crippen molar-refractivity contribution >= 4 is 23.1 Å². The minimum atomic E-state index is -0.493. The van der Waals surface area contributed by atoms with Gasteiger partial charge in [-0.05, 0) is 42.5 Å². The van der Waals surface area contributed by atoms with E-state index in [2.05, 4.69) is 5.32 Å². The average molecular weight is 315 g/mol. The average Bonchev–Trinajstić information content (AvgIpc) is 3.22. The number of nitrogens with one attached hydrogen (secondary N) is 1. The molecule has 1 aromatic carbocycles. The van der Waals surface area contributed by atoms with E-state index >= 15 is 0 Å². The molecule has 1 heterocycles. The van der Waals surface area contributed by atoms with E-state index in [4.69, 9.17) is 5.26 Å². The van der Waals surface area contributed by atoms with Gasteiger partial charge in [0.1, 0.15) is 11.9 Å². The van der Waals surface area contributed by atoms with Crippen LogP contribution in [0.3, 0.4) is 0 Å². The van der Waals surface area contributed by atoms with Gasteiger partial charge >= 0.3 is 6.03 Å². The summed E-state index contributed by atoms with van der Waals surface area (Å²) in [5, 5.41) is 13.7. The number of carbonyl (C=O) groups is 1. The maximum Gasteiger partial charge on any atom is 0.322 e. The molecule has 0 atom stereocenters. The van der Waals surface area contributed by atoms with Gasteiger partial charge < -0.3 is 10.2 Å². The molecule has 112 valence electrons. The van der Waals surface area contributed by atoms with Crippen molar-refractivity contribution in [3.63, 3.8) is 0 Å². The number of halogens is 1. The van der Waals surface area contributed by atoms with Crippen LogP contribution in [-0.4, -0.2) is 17.0 Å². The Balaban J connectivity index is 1.76. The Morgan fingerprint density at radius 3 is 2.91 bits per heavy atom. The van der Waals surface area contributed by atoms with Gasteiger partial charge in [0.15, 0.2) is 0 Å². The summed E-state index contributed by atoms with van der Waals surface area (Å²) in [6.45, 7) is 0.553. The van der Waals surface area contributed by atoms with Gasteiger partial charge in [0, 0.05) is 10.9 Å². The molecule has 0 radical (unpaired) electrons. The fourth-order valence-corrected chi connectivity index (χ4v) is 2.93. The van der Waals surface area contributed by atoms with Crippen LogP contribution in [0, 0.1) is 17.1 Å². The molecule has 1 aromatic heterocycles. The number of thiophene rings is 1. The largest absolute Gasteiger partial charge is 0.322 e. The molecule has 6 heteroatoms. The Morgan fingerprint density at radius 2 is 2.27 bits per heavy atom. The number of nitrogens with zero attached hydrogens (tertiary/aromatic N) is 2. The van der Waals surface area contributed by atoms with E-state index in [1.165, 1.54) is 12.1 Å². The van der Waals surface area contributed by atoms with Gasteiger partial charge in [-0.25, -0.2) is 9.18 Å². The van der Waals surface area contributed by atoms with Crippen LogP contribution < -0.4 is 5.32 Å². The van der Waals surface area contributed by atoms with Crippen molar-refractivity contribution < 1.29 is 9.18 Å². The predicted octanol–water partition coefficient (Wildman–Crippen LogP) is 3.96. The van der Waals surface area contributed by atoms with Gasteiger partial charge in [-0.2, -0.15) is 5.26 Å². The van der Waals surface area contributed by atoms with Gasteiger partial charge in [0.2, 0.25) is 0 Å². The number of carbonyl (C=O) groups excluding carboxylic acids is 1. The lowest BCUT2D eigenvalue weighted by Gasteiger charge is -2.22. The molecule has 3 rings (SSSR count). The molecule has 0 bridgehead atoms. The zero-order valence-electron chi connectivity index (χ0n) is 11.8. The highest BCUT2D eigenvalue weighted by atomic mass is 32.1. The summed E-state index contributed by atoms with van der Waals surface area (Å²) < 4.78 is 13.1. The van der Waals surface area contributed by atoms with Crippen LogP contribution in [0.4, 0.5) is 14.9 Å². The number of nitriles is 1. The SMILES string of the molecule is N#Cc1cc(F)ccc1NC(=O)N(Cc1cccs1)C1CC1. The molecule has 4 nitrogen and oxygen atoms in total. The lowest BCUT2D eigenvalue weighted by molar-refractivity contribution is 0.206. The van der Waals surface area contributed by atoms with Crippen LogP contribution in [0.15, 0.2) is 35.7 Å². The molecule has 1 saturated carbocycles. The molecule has 1 aliphatic rings. The zero-order chi connectivity index (χ0) is 15.5. The molecule has 1 aliphatic carbocycles. The third-order valence-corrected chi connectivity index (χ3v) is 4.36. The first-order valence-corrected chi connectivity index (χ1v) is 7.85. The molecule has 1 fully saturated rings. The standard InChI is InChI=1S/C16H14FN3OS/c17-12-3-6-15(11(8-12)9-18)19-16(21)20(13-4-5-13)10-14-2-1-7-22-14/h1-3,6-8,13H,4-5,10H2,(H,19,21). The number of benzene rings is 1. The maximum atomic E-state index is 13.1. The molecule has 0 aliphatic heterocycles. The first-order valence-electron chi connectivity index (χ1n) is 6.97. The molecular formula is C16H14FN3OS. The van der Waals surface area contributed by atoms with E-state index in [0.717, 1.165) is 23.8 Å². The van der Waals surface area contributed by atoms with Crippen molar-refractivity contribution in [3.8, 4) is 6.07 Å². The van der Waals surface area contributed by atoms with Crippen molar-refractivity contribution in [1.29, 1.82) is 5.26 Å². The van der Waals surface area contributed by atoms with Crippen molar-refractivity contribution in [3.05, 3.63) is 52.0 Å². The van der Waals surface area contributed by atoms with Crippen LogP contribution in [0.25, 0.3) is 0 Å². The summed E-state index contributed by atoms with van der Waals surface area (Å²) in [4.78, 5) is 15.4. The summed E-state index contributed by atoms with van der Waals surface area (Å²) in [5.74, 6) is -0.493. The highest BCUT2D eigenvalue weighted by molar-refractivity contribution is 7.09. The molecule has 2 amide bonds. The second-order valence-electron chi connectivity index (χ2n) is 5.17. The Morgan fingerprint density at radius 1 is 1.45 bits per heavy atom. The first kappa shape index (κ1) is 14.5. The number of hydrogen-bond acceptors (Lipinski definition) is 3. The Hall–Kier alpha value is -2.39. The second-order valence-corrected chi connectivity index (χ2v) is 6.20. The van der Waals surface area contributed by atoms with Crippen LogP contribution >= 0.6 is 11.3 Å². The molecule has 22 heavy (non-hydrogen) atoms. The number of anilines is 1. The number of amides is 2. The van der Waals surface area contributed by atoms with Crippen molar-refractivity contribution in [1.82, 2.24) is 4.90 Å². The second kappa shape index (κ2) is 6.16. The third kappa shape index (κ3) is 3.26. The van der Waals surface area contributed by atoms with Crippen LogP contribution in [0.5, 0.6) is 0 Å². The summed E-state index contributed by atoms with van der Waals surface area (Å²) in [7, 11) is 0. The molecule has 1 N–H and O–H groups in total. The van der Waals surface area contributed by atoms with Gasteiger partial charge in [-0.1, -0.05) is 6.07 Å². The van der Waals surface area contributed by atoms with E-state index in [1.807, 2.05) is 23.6 Å².